The summed E-state index contributed by atoms with van der Waals surface area (Å²) in [6.45, 7) is 8.51. The van der Waals surface area contributed by atoms with Gasteiger partial charge in [0, 0.05) is 31.8 Å². The zero-order valence-corrected chi connectivity index (χ0v) is 16.5. The van der Waals surface area contributed by atoms with Crippen LogP contribution < -0.4 is 11.1 Å². The van der Waals surface area contributed by atoms with E-state index in [0.29, 0.717) is 50.5 Å². The first-order chi connectivity index (χ1) is 14.0. The van der Waals surface area contributed by atoms with Crippen molar-refractivity contribution in [1.82, 2.24) is 14.9 Å². The maximum atomic E-state index is 14.1. The van der Waals surface area contributed by atoms with Crippen molar-refractivity contribution < 1.29 is 13.5 Å². The zero-order valence-electron chi connectivity index (χ0n) is 16.5. The minimum absolute atomic E-state index is 0.302. The van der Waals surface area contributed by atoms with E-state index in [0.717, 1.165) is 28.5 Å². The molecular weight excluding hydrogens is 374 g/mol. The SMILES string of the molecule is C=C(N)CNCc1nc2ccc(Cc3cccc(F)c3F)cc2n1CCOCC. The van der Waals surface area contributed by atoms with E-state index in [1.54, 1.807) is 6.07 Å². The molecule has 0 fully saturated rings. The Balaban J connectivity index is 1.91. The van der Waals surface area contributed by atoms with Gasteiger partial charge in [-0.3, -0.25) is 0 Å². The third-order valence-corrected chi connectivity index (χ3v) is 4.62. The molecule has 1 heterocycles. The minimum atomic E-state index is -0.833. The van der Waals surface area contributed by atoms with Crippen LogP contribution in [0, 0.1) is 11.6 Å². The van der Waals surface area contributed by atoms with Crippen LogP contribution in [0.1, 0.15) is 23.9 Å². The Kier molecular flexibility index (Phi) is 6.95. The first kappa shape index (κ1) is 21.0. The van der Waals surface area contributed by atoms with E-state index in [9.17, 15) is 8.78 Å². The van der Waals surface area contributed by atoms with Crippen LogP contribution in [-0.2, 0) is 24.2 Å². The number of halogens is 2. The van der Waals surface area contributed by atoms with Crippen molar-refractivity contribution in [3.8, 4) is 0 Å². The highest BCUT2D eigenvalue weighted by Crippen LogP contribution is 2.22. The van der Waals surface area contributed by atoms with Gasteiger partial charge in [-0.05, 0) is 36.2 Å². The fourth-order valence-corrected chi connectivity index (χ4v) is 3.25. The summed E-state index contributed by atoms with van der Waals surface area (Å²) in [5.41, 5.74) is 9.16. The summed E-state index contributed by atoms with van der Waals surface area (Å²) in [5, 5.41) is 3.22. The topological polar surface area (TPSA) is 65.1 Å². The number of aromatic nitrogens is 2. The summed E-state index contributed by atoms with van der Waals surface area (Å²) < 4.78 is 35.2. The molecule has 0 amide bonds. The van der Waals surface area contributed by atoms with Gasteiger partial charge < -0.3 is 20.4 Å². The van der Waals surface area contributed by atoms with Crippen molar-refractivity contribution >= 4 is 11.0 Å². The summed E-state index contributed by atoms with van der Waals surface area (Å²) in [5.74, 6) is -0.778. The highest BCUT2D eigenvalue weighted by molar-refractivity contribution is 5.77. The Morgan fingerprint density at radius 3 is 2.86 bits per heavy atom. The summed E-state index contributed by atoms with van der Waals surface area (Å²) >= 11 is 0. The normalized spacial score (nSPS) is 11.3. The molecule has 1 aromatic heterocycles. The number of rotatable bonds is 10. The number of nitrogens with zero attached hydrogens (tertiary/aromatic N) is 2. The minimum Gasteiger partial charge on any atom is -0.401 e. The molecule has 0 saturated carbocycles. The van der Waals surface area contributed by atoms with Gasteiger partial charge in [0.15, 0.2) is 11.6 Å². The quantitative estimate of drug-likeness (QED) is 0.511. The van der Waals surface area contributed by atoms with Crippen molar-refractivity contribution in [2.24, 2.45) is 5.73 Å². The van der Waals surface area contributed by atoms with E-state index in [4.69, 9.17) is 15.5 Å². The number of imidazole rings is 1. The Morgan fingerprint density at radius 1 is 1.28 bits per heavy atom. The van der Waals surface area contributed by atoms with Crippen LogP contribution in [0.25, 0.3) is 11.0 Å². The smallest absolute Gasteiger partial charge is 0.162 e. The van der Waals surface area contributed by atoms with Crippen LogP contribution in [0.15, 0.2) is 48.7 Å². The van der Waals surface area contributed by atoms with Gasteiger partial charge in [-0.15, -0.1) is 0 Å². The van der Waals surface area contributed by atoms with Crippen LogP contribution >= 0.6 is 0 Å². The van der Waals surface area contributed by atoms with Gasteiger partial charge >= 0.3 is 0 Å². The molecule has 29 heavy (non-hydrogen) atoms. The number of nitrogens with one attached hydrogen (secondary N) is 1. The van der Waals surface area contributed by atoms with Crippen molar-refractivity contribution in [3.63, 3.8) is 0 Å². The summed E-state index contributed by atoms with van der Waals surface area (Å²) in [6.07, 6.45) is 0.302. The van der Waals surface area contributed by atoms with E-state index in [2.05, 4.69) is 16.5 Å². The Morgan fingerprint density at radius 2 is 2.10 bits per heavy atom. The molecule has 3 rings (SSSR count). The van der Waals surface area contributed by atoms with Gasteiger partial charge in [0.1, 0.15) is 5.82 Å². The molecule has 0 bridgehead atoms. The molecule has 3 aromatic rings. The molecule has 0 aliphatic rings. The molecule has 0 unspecified atom stereocenters. The first-order valence-electron chi connectivity index (χ1n) is 9.62. The summed E-state index contributed by atoms with van der Waals surface area (Å²) in [7, 11) is 0. The zero-order chi connectivity index (χ0) is 20.8. The van der Waals surface area contributed by atoms with Crippen molar-refractivity contribution in [2.45, 2.75) is 26.4 Å². The lowest BCUT2D eigenvalue weighted by atomic mass is 10.0. The highest BCUT2D eigenvalue weighted by atomic mass is 19.2. The molecule has 2 aromatic carbocycles. The molecule has 5 nitrogen and oxygen atoms in total. The molecule has 0 spiro atoms. The second kappa shape index (κ2) is 9.62. The largest absolute Gasteiger partial charge is 0.401 e. The van der Waals surface area contributed by atoms with Crippen LogP contribution in [0.3, 0.4) is 0 Å². The van der Waals surface area contributed by atoms with Gasteiger partial charge in [0.05, 0.1) is 24.2 Å². The van der Waals surface area contributed by atoms with Gasteiger partial charge in [0.2, 0.25) is 0 Å². The van der Waals surface area contributed by atoms with Crippen molar-refractivity contribution in [2.75, 3.05) is 19.8 Å². The lowest BCUT2D eigenvalue weighted by Gasteiger charge is -2.11. The molecule has 0 atom stereocenters. The van der Waals surface area contributed by atoms with E-state index in [-0.39, 0.29) is 0 Å². The molecule has 0 saturated heterocycles. The van der Waals surface area contributed by atoms with E-state index in [1.807, 2.05) is 25.1 Å². The predicted molar refractivity (Wildman–Crippen MR) is 110 cm³/mol. The predicted octanol–water partition coefficient (Wildman–Crippen LogP) is 3.50. The molecule has 154 valence electrons. The maximum Gasteiger partial charge on any atom is 0.162 e. The molecule has 0 aliphatic carbocycles. The maximum absolute atomic E-state index is 14.1. The number of hydrogen-bond donors (Lipinski definition) is 2. The van der Waals surface area contributed by atoms with E-state index in [1.165, 1.54) is 6.07 Å². The number of nitrogens with two attached hydrogens (primary N) is 1. The second-order valence-electron chi connectivity index (χ2n) is 6.85. The van der Waals surface area contributed by atoms with Crippen LogP contribution in [0.5, 0.6) is 0 Å². The summed E-state index contributed by atoms with van der Waals surface area (Å²) in [6, 6.07) is 10.0. The van der Waals surface area contributed by atoms with Crippen LogP contribution in [0.2, 0.25) is 0 Å². The Hall–Kier alpha value is -2.77. The summed E-state index contributed by atoms with van der Waals surface area (Å²) in [4.78, 5) is 4.71. The third-order valence-electron chi connectivity index (χ3n) is 4.62. The van der Waals surface area contributed by atoms with Crippen molar-refractivity contribution in [3.05, 3.63) is 77.3 Å². The number of fused-ring (bicyclic) bond motifs is 1. The molecule has 7 heteroatoms. The highest BCUT2D eigenvalue weighted by Gasteiger charge is 2.13. The van der Waals surface area contributed by atoms with Gasteiger partial charge in [0.25, 0.3) is 0 Å². The standard InChI is InChI=1S/C22H26F2N4O/c1-3-29-10-9-28-20-12-16(11-17-5-4-6-18(23)22(17)24)7-8-19(20)27-21(28)14-26-13-15(2)25/h4-8,12,26H,2-3,9-11,13-14,25H2,1H3. The van der Waals surface area contributed by atoms with Gasteiger partial charge in [-0.25, -0.2) is 13.8 Å². The van der Waals surface area contributed by atoms with Crippen LogP contribution in [0.4, 0.5) is 8.78 Å². The monoisotopic (exact) mass is 400 g/mol. The third kappa shape index (κ3) is 5.19. The average Bonchev–Trinajstić information content (AvgIpc) is 3.02. The number of hydrogen-bond acceptors (Lipinski definition) is 4. The lowest BCUT2D eigenvalue weighted by molar-refractivity contribution is 0.139. The number of ether oxygens (including phenoxy) is 1. The Bertz CT molecular complexity index is 1000. The number of benzene rings is 2. The van der Waals surface area contributed by atoms with Crippen LogP contribution in [-0.4, -0.2) is 29.3 Å². The Labute approximate surface area is 169 Å². The van der Waals surface area contributed by atoms with E-state index < -0.39 is 11.6 Å². The lowest BCUT2D eigenvalue weighted by Crippen LogP contribution is -2.22. The van der Waals surface area contributed by atoms with Crippen molar-refractivity contribution in [1.29, 1.82) is 0 Å². The first-order valence-corrected chi connectivity index (χ1v) is 9.62. The molecule has 0 radical (unpaired) electrons. The second-order valence-corrected chi connectivity index (χ2v) is 6.85. The fourth-order valence-electron chi connectivity index (χ4n) is 3.25. The van der Waals surface area contributed by atoms with Gasteiger partial charge in [-0.2, -0.15) is 0 Å². The molecule has 0 aliphatic heterocycles. The van der Waals surface area contributed by atoms with E-state index >= 15 is 0 Å². The fraction of sp³-hybridized carbons (Fsp3) is 0.318. The van der Waals surface area contributed by atoms with Gasteiger partial charge in [-0.1, -0.05) is 24.8 Å². The molecular formula is C22H26F2N4O. The average molecular weight is 400 g/mol. The molecule has 3 N–H and O–H groups in total.